The lowest BCUT2D eigenvalue weighted by Gasteiger charge is -2.02. The Kier molecular flexibility index (Phi) is 3.31. The van der Waals surface area contributed by atoms with Crippen LogP contribution in [0.25, 0.3) is 6.08 Å². The number of aromatic nitrogens is 1. The van der Waals surface area contributed by atoms with Crippen molar-refractivity contribution in [3.63, 3.8) is 0 Å². The number of methoxy groups -OCH3 is 2. The quantitative estimate of drug-likeness (QED) is 0.665. The van der Waals surface area contributed by atoms with Crippen molar-refractivity contribution in [1.82, 2.24) is 4.98 Å². The zero-order valence-corrected chi connectivity index (χ0v) is 8.07. The molecule has 1 aromatic heterocycles. The molecule has 0 N–H and O–H groups in total. The van der Waals surface area contributed by atoms with Gasteiger partial charge in [0.1, 0.15) is 0 Å². The molecular formula is C10H13NO2. The van der Waals surface area contributed by atoms with E-state index in [1.54, 1.807) is 26.7 Å². The van der Waals surface area contributed by atoms with Crippen LogP contribution in [-0.4, -0.2) is 19.2 Å². The molecule has 0 aliphatic rings. The third kappa shape index (κ3) is 2.47. The van der Waals surface area contributed by atoms with Crippen LogP contribution in [0.3, 0.4) is 0 Å². The zero-order valence-electron chi connectivity index (χ0n) is 8.07. The van der Waals surface area contributed by atoms with Crippen molar-refractivity contribution < 1.29 is 9.47 Å². The van der Waals surface area contributed by atoms with E-state index in [1.165, 1.54) is 0 Å². The van der Waals surface area contributed by atoms with Gasteiger partial charge in [-0.15, -0.1) is 0 Å². The summed E-state index contributed by atoms with van der Waals surface area (Å²) in [6.45, 7) is 2.00. The highest BCUT2D eigenvalue weighted by Crippen LogP contribution is 2.14. The van der Waals surface area contributed by atoms with Crippen LogP contribution in [0.4, 0.5) is 0 Å². The molecule has 0 aliphatic heterocycles. The molecule has 1 rings (SSSR count). The predicted octanol–water partition coefficient (Wildman–Crippen LogP) is 2.02. The second-order valence-electron chi connectivity index (χ2n) is 2.62. The van der Waals surface area contributed by atoms with E-state index in [1.807, 2.05) is 19.1 Å². The molecule has 0 aromatic carbocycles. The number of hydrogen-bond acceptors (Lipinski definition) is 3. The van der Waals surface area contributed by atoms with Gasteiger partial charge in [0.25, 0.3) is 0 Å². The van der Waals surface area contributed by atoms with Crippen LogP contribution in [0.2, 0.25) is 0 Å². The summed E-state index contributed by atoms with van der Waals surface area (Å²) in [5, 5.41) is 0. The summed E-state index contributed by atoms with van der Waals surface area (Å²) < 4.78 is 9.81. The van der Waals surface area contributed by atoms with E-state index in [2.05, 4.69) is 4.98 Å². The first-order valence-electron chi connectivity index (χ1n) is 3.98. The number of nitrogens with zero attached hydrogens (tertiary/aromatic N) is 1. The summed E-state index contributed by atoms with van der Waals surface area (Å²) >= 11 is 0. The Morgan fingerprint density at radius 3 is 2.69 bits per heavy atom. The summed E-state index contributed by atoms with van der Waals surface area (Å²) in [5.41, 5.74) is 2.14. The number of pyridine rings is 1. The fourth-order valence-electron chi connectivity index (χ4n) is 0.968. The SMILES string of the molecule is CO/C=C/c1cnc(OC)cc1C. The van der Waals surface area contributed by atoms with Gasteiger partial charge in [-0.2, -0.15) is 0 Å². The zero-order chi connectivity index (χ0) is 9.68. The first kappa shape index (κ1) is 9.58. The third-order valence-corrected chi connectivity index (χ3v) is 1.72. The van der Waals surface area contributed by atoms with Crippen LogP contribution < -0.4 is 4.74 Å². The van der Waals surface area contributed by atoms with Crippen LogP contribution in [0, 0.1) is 6.92 Å². The minimum atomic E-state index is 0.632. The molecule has 1 aromatic rings. The van der Waals surface area contributed by atoms with Crippen molar-refractivity contribution in [2.75, 3.05) is 14.2 Å². The monoisotopic (exact) mass is 179 g/mol. The molecule has 0 atom stereocenters. The summed E-state index contributed by atoms with van der Waals surface area (Å²) in [6, 6.07) is 1.88. The molecule has 0 bridgehead atoms. The van der Waals surface area contributed by atoms with Crippen LogP contribution in [0.15, 0.2) is 18.5 Å². The standard InChI is InChI=1S/C10H13NO2/c1-8-6-10(13-3)11-7-9(8)4-5-12-2/h4-7H,1-3H3/b5-4+. The Balaban J connectivity index is 2.91. The summed E-state index contributed by atoms with van der Waals surface area (Å²) in [7, 11) is 3.22. The number of hydrogen-bond donors (Lipinski definition) is 0. The molecule has 3 nitrogen and oxygen atoms in total. The molecule has 70 valence electrons. The van der Waals surface area contributed by atoms with Gasteiger partial charge in [0.05, 0.1) is 20.5 Å². The predicted molar refractivity (Wildman–Crippen MR) is 51.6 cm³/mol. The second kappa shape index (κ2) is 4.50. The van der Waals surface area contributed by atoms with E-state index in [0.717, 1.165) is 11.1 Å². The molecule has 0 aliphatic carbocycles. The summed E-state index contributed by atoms with van der Waals surface area (Å²) in [5.74, 6) is 0.632. The van der Waals surface area contributed by atoms with Gasteiger partial charge >= 0.3 is 0 Å². The number of aryl methyl sites for hydroxylation is 1. The van der Waals surface area contributed by atoms with E-state index in [4.69, 9.17) is 9.47 Å². The van der Waals surface area contributed by atoms with Gasteiger partial charge in [-0.25, -0.2) is 4.98 Å². The van der Waals surface area contributed by atoms with Gasteiger partial charge in [-0.05, 0) is 24.1 Å². The van der Waals surface area contributed by atoms with Crippen molar-refractivity contribution in [1.29, 1.82) is 0 Å². The first-order valence-corrected chi connectivity index (χ1v) is 3.98. The Morgan fingerprint density at radius 1 is 1.38 bits per heavy atom. The highest BCUT2D eigenvalue weighted by molar-refractivity contribution is 5.52. The first-order chi connectivity index (χ1) is 6.27. The van der Waals surface area contributed by atoms with Crippen molar-refractivity contribution in [3.05, 3.63) is 29.7 Å². The van der Waals surface area contributed by atoms with E-state index in [0.29, 0.717) is 5.88 Å². The molecule has 0 spiro atoms. The lowest BCUT2D eigenvalue weighted by atomic mass is 10.1. The molecule has 0 saturated heterocycles. The van der Waals surface area contributed by atoms with Crippen molar-refractivity contribution in [2.45, 2.75) is 6.92 Å². The molecule has 13 heavy (non-hydrogen) atoms. The van der Waals surface area contributed by atoms with Gasteiger partial charge in [-0.1, -0.05) is 0 Å². The molecule has 0 saturated carbocycles. The van der Waals surface area contributed by atoms with Gasteiger partial charge in [0.15, 0.2) is 0 Å². The maximum absolute atomic E-state index is 4.99. The third-order valence-electron chi connectivity index (χ3n) is 1.72. The van der Waals surface area contributed by atoms with Gasteiger partial charge in [0.2, 0.25) is 5.88 Å². The normalized spacial score (nSPS) is 10.4. The Hall–Kier alpha value is -1.51. The maximum atomic E-state index is 4.99. The van der Waals surface area contributed by atoms with Crippen molar-refractivity contribution in [2.24, 2.45) is 0 Å². The lowest BCUT2D eigenvalue weighted by molar-refractivity contribution is 0.341. The molecule has 1 heterocycles. The van der Waals surface area contributed by atoms with Crippen molar-refractivity contribution in [3.8, 4) is 5.88 Å². The topological polar surface area (TPSA) is 31.4 Å². The minimum absolute atomic E-state index is 0.632. The summed E-state index contributed by atoms with van der Waals surface area (Å²) in [6.07, 6.45) is 5.24. The van der Waals surface area contributed by atoms with Gasteiger partial charge in [0, 0.05) is 12.3 Å². The van der Waals surface area contributed by atoms with Crippen LogP contribution in [0.5, 0.6) is 5.88 Å². The fourth-order valence-corrected chi connectivity index (χ4v) is 0.968. The smallest absolute Gasteiger partial charge is 0.213 e. The summed E-state index contributed by atoms with van der Waals surface area (Å²) in [4.78, 5) is 4.08. The minimum Gasteiger partial charge on any atom is -0.504 e. The number of ether oxygens (including phenoxy) is 2. The Labute approximate surface area is 78.0 Å². The van der Waals surface area contributed by atoms with Gasteiger partial charge in [-0.3, -0.25) is 0 Å². The lowest BCUT2D eigenvalue weighted by Crippen LogP contribution is -1.90. The van der Waals surface area contributed by atoms with Crippen molar-refractivity contribution >= 4 is 6.08 Å². The van der Waals surface area contributed by atoms with Gasteiger partial charge < -0.3 is 9.47 Å². The van der Waals surface area contributed by atoms with E-state index in [9.17, 15) is 0 Å². The molecule has 0 unspecified atom stereocenters. The highest BCUT2D eigenvalue weighted by atomic mass is 16.5. The average Bonchev–Trinajstić information content (AvgIpc) is 2.16. The average molecular weight is 179 g/mol. The molecule has 0 radical (unpaired) electrons. The Morgan fingerprint density at radius 2 is 2.15 bits per heavy atom. The molecular weight excluding hydrogens is 166 g/mol. The maximum Gasteiger partial charge on any atom is 0.213 e. The fraction of sp³-hybridized carbons (Fsp3) is 0.300. The van der Waals surface area contributed by atoms with E-state index < -0.39 is 0 Å². The number of rotatable bonds is 3. The molecule has 0 fully saturated rings. The van der Waals surface area contributed by atoms with Crippen LogP contribution in [-0.2, 0) is 4.74 Å². The van der Waals surface area contributed by atoms with Crippen LogP contribution >= 0.6 is 0 Å². The van der Waals surface area contributed by atoms with Crippen LogP contribution in [0.1, 0.15) is 11.1 Å². The second-order valence-corrected chi connectivity index (χ2v) is 2.62. The Bertz CT molecular complexity index is 308. The molecule has 3 heteroatoms. The molecule has 0 amide bonds. The van der Waals surface area contributed by atoms with E-state index in [-0.39, 0.29) is 0 Å². The highest BCUT2D eigenvalue weighted by Gasteiger charge is 1.97. The van der Waals surface area contributed by atoms with E-state index >= 15 is 0 Å². The largest absolute Gasteiger partial charge is 0.504 e.